The van der Waals surface area contributed by atoms with E-state index in [1.54, 1.807) is 7.05 Å². The molecule has 2 aromatic carbocycles. The zero-order chi connectivity index (χ0) is 18.9. The van der Waals surface area contributed by atoms with E-state index in [0.717, 1.165) is 30.4 Å². The number of carbonyl (C=O) groups excluding carboxylic acids is 1. The lowest BCUT2D eigenvalue weighted by molar-refractivity contribution is -0.116. The third-order valence-corrected chi connectivity index (χ3v) is 5.57. The van der Waals surface area contributed by atoms with Crippen LogP contribution in [-0.4, -0.2) is 37.8 Å². The van der Waals surface area contributed by atoms with Crippen LogP contribution in [0.3, 0.4) is 0 Å². The molecule has 0 radical (unpaired) electrons. The number of anilines is 1. The van der Waals surface area contributed by atoms with E-state index in [0.29, 0.717) is 13.0 Å². The number of amides is 1. The summed E-state index contributed by atoms with van der Waals surface area (Å²) in [5.41, 5.74) is 2.10. The molecule has 5 nitrogen and oxygen atoms in total. The molecule has 0 aromatic heterocycles. The van der Waals surface area contributed by atoms with E-state index in [1.807, 2.05) is 36.0 Å². The zero-order valence-corrected chi connectivity index (χ0v) is 16.4. The van der Waals surface area contributed by atoms with Crippen molar-refractivity contribution in [2.45, 2.75) is 23.7 Å². The number of nitrogens with zero attached hydrogens (tertiary/aromatic N) is 1. The number of para-hydroxylation sites is 1. The van der Waals surface area contributed by atoms with Gasteiger partial charge in [0, 0.05) is 43.1 Å². The summed E-state index contributed by atoms with van der Waals surface area (Å²) in [4.78, 5) is 17.5. The van der Waals surface area contributed by atoms with Gasteiger partial charge in [-0.25, -0.2) is 0 Å². The molecule has 0 spiro atoms. The molecule has 2 aromatic rings. The molecular formula is C21H26N4OS. The van der Waals surface area contributed by atoms with Crippen LogP contribution in [0.4, 0.5) is 5.69 Å². The van der Waals surface area contributed by atoms with E-state index in [2.05, 4.69) is 51.3 Å². The van der Waals surface area contributed by atoms with Gasteiger partial charge in [0.25, 0.3) is 0 Å². The lowest BCUT2D eigenvalue weighted by Crippen LogP contribution is -2.41. The van der Waals surface area contributed by atoms with Crippen LogP contribution in [0, 0.1) is 0 Å². The highest BCUT2D eigenvalue weighted by atomic mass is 32.2. The Kier molecular flexibility index (Phi) is 7.16. The molecule has 1 amide bonds. The number of nitrogens with one attached hydrogen (secondary N) is 3. The van der Waals surface area contributed by atoms with Gasteiger partial charge >= 0.3 is 0 Å². The second-order valence-corrected chi connectivity index (χ2v) is 7.60. The molecule has 142 valence electrons. The number of fused-ring (bicyclic) bond motifs is 1. The minimum Gasteiger partial charge on any atom is -0.356 e. The second-order valence-electron chi connectivity index (χ2n) is 6.43. The Balaban J connectivity index is 1.41. The first-order chi connectivity index (χ1) is 13.3. The van der Waals surface area contributed by atoms with E-state index >= 15 is 0 Å². The summed E-state index contributed by atoms with van der Waals surface area (Å²) in [6.07, 6.45) is 1.55. The van der Waals surface area contributed by atoms with Crippen molar-refractivity contribution in [3.63, 3.8) is 0 Å². The lowest BCUT2D eigenvalue weighted by atomic mass is 9.90. The van der Waals surface area contributed by atoms with Gasteiger partial charge < -0.3 is 16.0 Å². The van der Waals surface area contributed by atoms with E-state index in [1.165, 1.54) is 10.5 Å². The number of rotatable bonds is 7. The largest absolute Gasteiger partial charge is 0.356 e. The Morgan fingerprint density at radius 2 is 1.93 bits per heavy atom. The second kappa shape index (κ2) is 10.0. The van der Waals surface area contributed by atoms with Gasteiger partial charge in [0.15, 0.2) is 5.96 Å². The fourth-order valence-electron chi connectivity index (χ4n) is 3.11. The van der Waals surface area contributed by atoms with Gasteiger partial charge in [-0.3, -0.25) is 9.79 Å². The molecule has 1 heterocycles. The maximum atomic E-state index is 11.9. The van der Waals surface area contributed by atoms with Gasteiger partial charge in [-0.05, 0) is 35.9 Å². The van der Waals surface area contributed by atoms with E-state index in [4.69, 9.17) is 0 Å². The van der Waals surface area contributed by atoms with Crippen LogP contribution < -0.4 is 16.0 Å². The van der Waals surface area contributed by atoms with Crippen molar-refractivity contribution >= 4 is 29.3 Å². The summed E-state index contributed by atoms with van der Waals surface area (Å²) in [6, 6.07) is 18.4. The Hall–Kier alpha value is -2.47. The Morgan fingerprint density at radius 1 is 1.15 bits per heavy atom. The average Bonchev–Trinajstić information content (AvgIpc) is 2.70. The molecule has 0 bridgehead atoms. The Morgan fingerprint density at radius 3 is 2.74 bits per heavy atom. The predicted molar refractivity (Wildman–Crippen MR) is 114 cm³/mol. The SMILES string of the molecule is CN=C(NCCCSc1ccccc1)NCC1CC(=O)Nc2ccccc21. The number of thioether (sulfide) groups is 1. The smallest absolute Gasteiger partial charge is 0.225 e. The zero-order valence-electron chi connectivity index (χ0n) is 15.6. The standard InChI is InChI=1S/C21H26N4OS/c1-22-21(23-12-7-13-27-17-8-3-2-4-9-17)24-15-16-14-20(26)25-19-11-6-5-10-18(16)19/h2-6,8-11,16H,7,12-15H2,1H3,(H,25,26)(H2,22,23,24). The molecule has 3 N–H and O–H groups in total. The normalized spacial score (nSPS) is 16.4. The van der Waals surface area contributed by atoms with E-state index in [9.17, 15) is 4.79 Å². The molecule has 0 aliphatic carbocycles. The van der Waals surface area contributed by atoms with Crippen molar-refractivity contribution in [1.82, 2.24) is 10.6 Å². The Labute approximate surface area is 165 Å². The van der Waals surface area contributed by atoms with Crippen molar-refractivity contribution in [1.29, 1.82) is 0 Å². The molecule has 1 atom stereocenters. The van der Waals surface area contributed by atoms with Crippen molar-refractivity contribution < 1.29 is 4.79 Å². The van der Waals surface area contributed by atoms with Crippen LogP contribution >= 0.6 is 11.8 Å². The fraction of sp³-hybridized carbons (Fsp3) is 0.333. The van der Waals surface area contributed by atoms with Gasteiger partial charge in [-0.2, -0.15) is 0 Å². The Bertz CT molecular complexity index is 779. The van der Waals surface area contributed by atoms with Crippen molar-refractivity contribution in [3.8, 4) is 0 Å². The monoisotopic (exact) mass is 382 g/mol. The highest BCUT2D eigenvalue weighted by Gasteiger charge is 2.24. The van der Waals surface area contributed by atoms with Crippen molar-refractivity contribution in [2.75, 3.05) is 31.2 Å². The lowest BCUT2D eigenvalue weighted by Gasteiger charge is -2.26. The summed E-state index contributed by atoms with van der Waals surface area (Å²) < 4.78 is 0. The van der Waals surface area contributed by atoms with E-state index < -0.39 is 0 Å². The molecule has 1 unspecified atom stereocenters. The van der Waals surface area contributed by atoms with Crippen LogP contribution in [0.15, 0.2) is 64.5 Å². The van der Waals surface area contributed by atoms with Gasteiger partial charge in [-0.1, -0.05) is 36.4 Å². The average molecular weight is 383 g/mol. The minimum absolute atomic E-state index is 0.0707. The van der Waals surface area contributed by atoms with Crippen LogP contribution in [-0.2, 0) is 4.79 Å². The van der Waals surface area contributed by atoms with Crippen LogP contribution in [0.2, 0.25) is 0 Å². The molecule has 1 aliphatic rings. The predicted octanol–water partition coefficient (Wildman–Crippen LogP) is 3.46. The summed E-state index contributed by atoms with van der Waals surface area (Å²) in [7, 11) is 1.77. The maximum absolute atomic E-state index is 11.9. The number of carbonyl (C=O) groups is 1. The van der Waals surface area contributed by atoms with Gasteiger partial charge in [-0.15, -0.1) is 11.8 Å². The van der Waals surface area contributed by atoms with Crippen LogP contribution in [0.1, 0.15) is 24.3 Å². The summed E-state index contributed by atoms with van der Waals surface area (Å²) in [5, 5.41) is 9.66. The van der Waals surface area contributed by atoms with E-state index in [-0.39, 0.29) is 11.8 Å². The first kappa shape index (κ1) is 19.3. The molecule has 0 saturated carbocycles. The van der Waals surface area contributed by atoms with Crippen LogP contribution in [0.5, 0.6) is 0 Å². The van der Waals surface area contributed by atoms with Gasteiger partial charge in [0.05, 0.1) is 0 Å². The highest BCUT2D eigenvalue weighted by Crippen LogP contribution is 2.31. The number of benzene rings is 2. The third kappa shape index (κ3) is 5.76. The van der Waals surface area contributed by atoms with Crippen molar-refractivity contribution in [3.05, 3.63) is 60.2 Å². The quantitative estimate of drug-likeness (QED) is 0.297. The molecular weight excluding hydrogens is 356 g/mol. The summed E-state index contributed by atoms with van der Waals surface area (Å²) in [6.45, 7) is 1.55. The fourth-order valence-corrected chi connectivity index (χ4v) is 3.98. The molecule has 27 heavy (non-hydrogen) atoms. The van der Waals surface area contributed by atoms with Crippen molar-refractivity contribution in [2.24, 2.45) is 4.99 Å². The minimum atomic E-state index is 0.0707. The molecule has 0 fully saturated rings. The summed E-state index contributed by atoms with van der Waals surface area (Å²) in [5.74, 6) is 2.07. The first-order valence-corrected chi connectivity index (χ1v) is 10.3. The molecule has 0 saturated heterocycles. The highest BCUT2D eigenvalue weighted by molar-refractivity contribution is 7.99. The van der Waals surface area contributed by atoms with Crippen LogP contribution in [0.25, 0.3) is 0 Å². The maximum Gasteiger partial charge on any atom is 0.225 e. The van der Waals surface area contributed by atoms with Gasteiger partial charge in [0.2, 0.25) is 5.91 Å². The molecule has 6 heteroatoms. The van der Waals surface area contributed by atoms with Gasteiger partial charge in [0.1, 0.15) is 0 Å². The topological polar surface area (TPSA) is 65.5 Å². The summed E-state index contributed by atoms with van der Waals surface area (Å²) >= 11 is 1.86. The number of aliphatic imine (C=N–C) groups is 1. The molecule has 3 rings (SSSR count). The third-order valence-electron chi connectivity index (χ3n) is 4.47. The number of hydrogen-bond donors (Lipinski definition) is 3. The number of hydrogen-bond acceptors (Lipinski definition) is 3. The number of guanidine groups is 1. The first-order valence-electron chi connectivity index (χ1n) is 9.27. The molecule has 1 aliphatic heterocycles.